The molecule has 0 aromatic rings. The van der Waals surface area contributed by atoms with Gasteiger partial charge in [-0.15, -0.1) is 0 Å². The normalized spacial score (nSPS) is 34.9. The van der Waals surface area contributed by atoms with Crippen LogP contribution < -0.4 is 5.73 Å². The standard InChI is InChI=1S/C15H29N3O2S/c1-17(11-15-9-13-2-3-14(15)8-13)21(19,20)18-6-4-12(10-16)5-7-18/h12-15H,2-11,16H2,1H3. The van der Waals surface area contributed by atoms with Crippen molar-refractivity contribution in [3.63, 3.8) is 0 Å². The highest BCUT2D eigenvalue weighted by atomic mass is 32.2. The zero-order chi connectivity index (χ0) is 15.0. The molecule has 21 heavy (non-hydrogen) atoms. The highest BCUT2D eigenvalue weighted by Gasteiger charge is 2.41. The molecule has 0 aromatic heterocycles. The summed E-state index contributed by atoms with van der Waals surface area (Å²) in [6.07, 6.45) is 7.05. The van der Waals surface area contributed by atoms with E-state index in [2.05, 4.69) is 0 Å². The first kappa shape index (κ1) is 15.7. The second kappa shape index (κ2) is 6.14. The summed E-state index contributed by atoms with van der Waals surface area (Å²) in [5.74, 6) is 2.73. The molecule has 3 unspecified atom stereocenters. The molecule has 2 bridgehead atoms. The fourth-order valence-electron chi connectivity index (χ4n) is 4.60. The maximum atomic E-state index is 12.7. The number of nitrogens with zero attached hydrogens (tertiary/aromatic N) is 2. The Morgan fingerprint density at radius 3 is 2.38 bits per heavy atom. The van der Waals surface area contributed by atoms with Gasteiger partial charge in [0, 0.05) is 26.7 Å². The summed E-state index contributed by atoms with van der Waals surface area (Å²) in [5.41, 5.74) is 5.68. The highest BCUT2D eigenvalue weighted by Crippen LogP contribution is 2.48. The first-order valence-corrected chi connectivity index (χ1v) is 9.82. The van der Waals surface area contributed by atoms with Crippen molar-refractivity contribution in [2.75, 3.05) is 33.2 Å². The van der Waals surface area contributed by atoms with E-state index in [-0.39, 0.29) is 0 Å². The Kier molecular flexibility index (Phi) is 4.60. The molecule has 2 N–H and O–H groups in total. The van der Waals surface area contributed by atoms with Crippen molar-refractivity contribution in [1.29, 1.82) is 0 Å². The predicted molar refractivity (Wildman–Crippen MR) is 83.8 cm³/mol. The van der Waals surface area contributed by atoms with E-state index in [1.165, 1.54) is 25.7 Å². The van der Waals surface area contributed by atoms with Gasteiger partial charge in [0.1, 0.15) is 0 Å². The van der Waals surface area contributed by atoms with Crippen LogP contribution in [0.5, 0.6) is 0 Å². The Morgan fingerprint density at radius 1 is 1.14 bits per heavy atom. The minimum Gasteiger partial charge on any atom is -0.330 e. The molecule has 2 aliphatic carbocycles. The first-order valence-electron chi connectivity index (χ1n) is 8.42. The van der Waals surface area contributed by atoms with E-state index in [1.54, 1.807) is 15.7 Å². The molecule has 0 amide bonds. The van der Waals surface area contributed by atoms with Crippen LogP contribution in [0.3, 0.4) is 0 Å². The molecular weight excluding hydrogens is 286 g/mol. The van der Waals surface area contributed by atoms with Gasteiger partial charge in [0.25, 0.3) is 10.2 Å². The summed E-state index contributed by atoms with van der Waals surface area (Å²) in [4.78, 5) is 0. The van der Waals surface area contributed by atoms with Gasteiger partial charge >= 0.3 is 0 Å². The lowest BCUT2D eigenvalue weighted by atomic mass is 9.89. The molecule has 0 spiro atoms. The molecule has 1 aliphatic heterocycles. The van der Waals surface area contributed by atoms with Crippen molar-refractivity contribution in [2.24, 2.45) is 29.4 Å². The van der Waals surface area contributed by atoms with Crippen LogP contribution in [-0.2, 0) is 10.2 Å². The molecule has 1 saturated heterocycles. The molecule has 3 fully saturated rings. The largest absolute Gasteiger partial charge is 0.330 e. The topological polar surface area (TPSA) is 66.6 Å². The summed E-state index contributed by atoms with van der Waals surface area (Å²) in [5, 5.41) is 0. The average Bonchev–Trinajstić information content (AvgIpc) is 3.09. The quantitative estimate of drug-likeness (QED) is 0.831. The Labute approximate surface area is 129 Å². The first-order chi connectivity index (χ1) is 10.0. The van der Waals surface area contributed by atoms with Gasteiger partial charge in [-0.2, -0.15) is 17.0 Å². The van der Waals surface area contributed by atoms with E-state index in [0.717, 1.165) is 24.7 Å². The number of fused-ring (bicyclic) bond motifs is 2. The van der Waals surface area contributed by atoms with Crippen molar-refractivity contribution >= 4 is 10.2 Å². The molecular formula is C15H29N3O2S. The van der Waals surface area contributed by atoms with Crippen molar-refractivity contribution in [1.82, 2.24) is 8.61 Å². The Morgan fingerprint density at radius 2 is 1.86 bits per heavy atom. The molecule has 3 aliphatic rings. The monoisotopic (exact) mass is 315 g/mol. The fourth-order valence-corrected chi connectivity index (χ4v) is 6.04. The minimum absolute atomic E-state index is 0.493. The third kappa shape index (κ3) is 3.14. The van der Waals surface area contributed by atoms with Crippen LogP contribution in [0.1, 0.15) is 38.5 Å². The third-order valence-corrected chi connectivity index (χ3v) is 7.96. The van der Waals surface area contributed by atoms with E-state index < -0.39 is 10.2 Å². The van der Waals surface area contributed by atoms with Crippen LogP contribution in [0.2, 0.25) is 0 Å². The van der Waals surface area contributed by atoms with Crippen LogP contribution in [0, 0.1) is 23.7 Å². The maximum absolute atomic E-state index is 12.7. The summed E-state index contributed by atoms with van der Waals surface area (Å²) in [6.45, 7) is 2.64. The third-order valence-electron chi connectivity index (χ3n) is 6.00. The number of rotatable bonds is 5. The van der Waals surface area contributed by atoms with Crippen LogP contribution >= 0.6 is 0 Å². The number of nitrogens with two attached hydrogens (primary N) is 1. The number of piperidine rings is 1. The predicted octanol–water partition coefficient (Wildman–Crippen LogP) is 1.27. The molecule has 2 saturated carbocycles. The molecule has 122 valence electrons. The molecule has 3 rings (SSSR count). The smallest absolute Gasteiger partial charge is 0.281 e. The summed E-state index contributed by atoms with van der Waals surface area (Å²) < 4.78 is 28.7. The van der Waals surface area contributed by atoms with E-state index in [1.807, 2.05) is 0 Å². The molecule has 6 heteroatoms. The molecule has 5 nitrogen and oxygen atoms in total. The Hall–Kier alpha value is -0.170. The van der Waals surface area contributed by atoms with Crippen molar-refractivity contribution < 1.29 is 8.42 Å². The van der Waals surface area contributed by atoms with Gasteiger partial charge in [-0.25, -0.2) is 0 Å². The average molecular weight is 315 g/mol. The highest BCUT2D eigenvalue weighted by molar-refractivity contribution is 7.86. The van der Waals surface area contributed by atoms with Crippen molar-refractivity contribution in [3.8, 4) is 0 Å². The molecule has 0 radical (unpaired) electrons. The maximum Gasteiger partial charge on any atom is 0.281 e. The summed E-state index contributed by atoms with van der Waals surface area (Å²) in [7, 11) is -1.51. The zero-order valence-corrected chi connectivity index (χ0v) is 13.9. The van der Waals surface area contributed by atoms with Gasteiger partial charge in [0.15, 0.2) is 0 Å². The van der Waals surface area contributed by atoms with Crippen molar-refractivity contribution in [2.45, 2.75) is 38.5 Å². The molecule has 3 atom stereocenters. The van der Waals surface area contributed by atoms with E-state index in [0.29, 0.717) is 38.0 Å². The van der Waals surface area contributed by atoms with Crippen LogP contribution in [-0.4, -0.2) is 50.3 Å². The fraction of sp³-hybridized carbons (Fsp3) is 1.00. The van der Waals surface area contributed by atoms with Crippen LogP contribution in [0.15, 0.2) is 0 Å². The van der Waals surface area contributed by atoms with Gasteiger partial charge < -0.3 is 5.73 Å². The Balaban J connectivity index is 1.57. The number of hydrogen-bond donors (Lipinski definition) is 1. The Bertz CT molecular complexity index is 460. The van der Waals surface area contributed by atoms with E-state index >= 15 is 0 Å². The van der Waals surface area contributed by atoms with Gasteiger partial charge in [0.2, 0.25) is 0 Å². The van der Waals surface area contributed by atoms with Gasteiger partial charge in [0.05, 0.1) is 0 Å². The lowest BCUT2D eigenvalue weighted by Crippen LogP contribution is -2.47. The lowest BCUT2D eigenvalue weighted by Gasteiger charge is -2.35. The van der Waals surface area contributed by atoms with Crippen LogP contribution in [0.25, 0.3) is 0 Å². The summed E-state index contributed by atoms with van der Waals surface area (Å²) >= 11 is 0. The van der Waals surface area contributed by atoms with Crippen molar-refractivity contribution in [3.05, 3.63) is 0 Å². The second-order valence-corrected chi connectivity index (χ2v) is 9.34. The van der Waals surface area contributed by atoms with E-state index in [9.17, 15) is 8.42 Å². The van der Waals surface area contributed by atoms with Gasteiger partial charge in [-0.3, -0.25) is 0 Å². The van der Waals surface area contributed by atoms with Gasteiger partial charge in [-0.1, -0.05) is 6.42 Å². The zero-order valence-electron chi connectivity index (χ0n) is 13.1. The lowest BCUT2D eigenvalue weighted by molar-refractivity contribution is 0.241. The molecule has 0 aromatic carbocycles. The van der Waals surface area contributed by atoms with Gasteiger partial charge in [-0.05, 0) is 62.3 Å². The number of hydrogen-bond acceptors (Lipinski definition) is 3. The second-order valence-electron chi connectivity index (χ2n) is 7.30. The SMILES string of the molecule is CN(CC1CC2CCC1C2)S(=O)(=O)N1CCC(CN)CC1. The van der Waals surface area contributed by atoms with E-state index in [4.69, 9.17) is 5.73 Å². The molecule has 1 heterocycles. The summed E-state index contributed by atoms with van der Waals surface area (Å²) in [6, 6.07) is 0. The minimum atomic E-state index is -3.27. The van der Waals surface area contributed by atoms with Crippen LogP contribution in [0.4, 0.5) is 0 Å².